The summed E-state index contributed by atoms with van der Waals surface area (Å²) in [5.74, 6) is 1.21. The van der Waals surface area contributed by atoms with Crippen molar-refractivity contribution in [1.82, 2.24) is 0 Å². The fourth-order valence-corrected chi connectivity index (χ4v) is 2.38. The zero-order chi connectivity index (χ0) is 18.2. The highest BCUT2D eigenvalue weighted by atomic mass is 16.5. The first-order valence-corrected chi connectivity index (χ1v) is 8.50. The quantitative estimate of drug-likeness (QED) is 0.675. The molecule has 0 aromatic heterocycles. The lowest BCUT2D eigenvalue weighted by atomic mass is 10.2. The van der Waals surface area contributed by atoms with Gasteiger partial charge in [0, 0.05) is 5.69 Å². The number of ether oxygens (including phenoxy) is 2. The molecule has 1 N–H and O–H groups in total. The van der Waals surface area contributed by atoms with Gasteiger partial charge in [-0.25, -0.2) is 0 Å². The number of rotatable bonds is 7. The van der Waals surface area contributed by atoms with Gasteiger partial charge in [0.2, 0.25) is 0 Å². The predicted octanol–water partition coefficient (Wildman–Crippen LogP) is 4.67. The Morgan fingerprint density at radius 3 is 2.12 bits per heavy atom. The van der Waals surface area contributed by atoms with Gasteiger partial charge in [0.15, 0.2) is 6.10 Å². The highest BCUT2D eigenvalue weighted by Gasteiger charge is 2.14. The Labute approximate surface area is 153 Å². The molecule has 0 unspecified atom stereocenters. The van der Waals surface area contributed by atoms with Crippen LogP contribution in [0.4, 0.5) is 5.69 Å². The zero-order valence-electron chi connectivity index (χ0n) is 14.6. The molecule has 0 aliphatic heterocycles. The Kier molecular flexibility index (Phi) is 5.88. The molecule has 0 radical (unpaired) electrons. The van der Waals surface area contributed by atoms with Crippen molar-refractivity contribution in [2.75, 3.05) is 5.32 Å². The summed E-state index contributed by atoms with van der Waals surface area (Å²) in [4.78, 5) is 12.2. The van der Waals surface area contributed by atoms with E-state index in [0.717, 1.165) is 11.3 Å². The fourth-order valence-electron chi connectivity index (χ4n) is 2.38. The molecule has 3 rings (SSSR count). The molecule has 26 heavy (non-hydrogen) atoms. The van der Waals surface area contributed by atoms with Gasteiger partial charge >= 0.3 is 0 Å². The summed E-state index contributed by atoms with van der Waals surface area (Å²) in [6.45, 7) is 2.23. The first-order chi connectivity index (χ1) is 12.7. The third-order valence-electron chi connectivity index (χ3n) is 3.80. The second kappa shape index (κ2) is 8.72. The molecule has 0 aliphatic rings. The van der Waals surface area contributed by atoms with Crippen LogP contribution in [0.25, 0.3) is 0 Å². The molecule has 0 saturated heterocycles. The fraction of sp³-hybridized carbons (Fsp3) is 0.136. The van der Waals surface area contributed by atoms with E-state index in [-0.39, 0.29) is 5.91 Å². The Balaban J connectivity index is 1.51. The van der Waals surface area contributed by atoms with Gasteiger partial charge in [-0.05, 0) is 48.9 Å². The molecule has 0 fully saturated rings. The van der Waals surface area contributed by atoms with Gasteiger partial charge in [0.1, 0.15) is 18.1 Å². The summed E-state index contributed by atoms with van der Waals surface area (Å²) in [5, 5.41) is 2.84. The van der Waals surface area contributed by atoms with Crippen LogP contribution in [0, 0.1) is 0 Å². The van der Waals surface area contributed by atoms with Gasteiger partial charge in [-0.2, -0.15) is 0 Å². The SMILES string of the molecule is C[C@H](Oc1ccccc1)C(=O)Nc1ccc(OCc2ccccc2)cc1. The van der Waals surface area contributed by atoms with Crippen molar-refractivity contribution >= 4 is 11.6 Å². The van der Waals surface area contributed by atoms with Gasteiger partial charge in [-0.3, -0.25) is 4.79 Å². The van der Waals surface area contributed by atoms with Gasteiger partial charge in [0.05, 0.1) is 0 Å². The monoisotopic (exact) mass is 347 g/mol. The van der Waals surface area contributed by atoms with Crippen LogP contribution in [0.5, 0.6) is 11.5 Å². The largest absolute Gasteiger partial charge is 0.489 e. The Bertz CT molecular complexity index is 817. The smallest absolute Gasteiger partial charge is 0.265 e. The number of carbonyl (C=O) groups is 1. The molecule has 4 nitrogen and oxygen atoms in total. The summed E-state index contributed by atoms with van der Waals surface area (Å²) >= 11 is 0. The van der Waals surface area contributed by atoms with Crippen molar-refractivity contribution in [2.45, 2.75) is 19.6 Å². The Hall–Kier alpha value is -3.27. The lowest BCUT2D eigenvalue weighted by molar-refractivity contribution is -0.122. The molecule has 1 amide bonds. The van der Waals surface area contributed by atoms with Gasteiger partial charge in [-0.15, -0.1) is 0 Å². The van der Waals surface area contributed by atoms with E-state index in [2.05, 4.69) is 5.32 Å². The molecule has 132 valence electrons. The molecule has 0 saturated carbocycles. The average molecular weight is 347 g/mol. The summed E-state index contributed by atoms with van der Waals surface area (Å²) in [7, 11) is 0. The van der Waals surface area contributed by atoms with E-state index in [4.69, 9.17) is 9.47 Å². The second-order valence-corrected chi connectivity index (χ2v) is 5.86. The summed E-state index contributed by atoms with van der Waals surface area (Å²) in [6.07, 6.45) is -0.591. The number of hydrogen-bond donors (Lipinski definition) is 1. The van der Waals surface area contributed by atoms with E-state index in [1.54, 1.807) is 6.92 Å². The molecule has 3 aromatic rings. The highest BCUT2D eigenvalue weighted by Crippen LogP contribution is 2.18. The number of amides is 1. The van der Waals surface area contributed by atoms with E-state index in [0.29, 0.717) is 18.0 Å². The number of nitrogens with one attached hydrogen (secondary N) is 1. The van der Waals surface area contributed by atoms with Crippen LogP contribution in [-0.2, 0) is 11.4 Å². The normalized spacial score (nSPS) is 11.4. The summed E-state index contributed by atoms with van der Waals surface area (Å²) in [6, 6.07) is 26.6. The van der Waals surface area contributed by atoms with Crippen molar-refractivity contribution in [3.8, 4) is 11.5 Å². The number of anilines is 1. The topological polar surface area (TPSA) is 47.6 Å². The Morgan fingerprint density at radius 1 is 0.846 bits per heavy atom. The Morgan fingerprint density at radius 2 is 1.46 bits per heavy atom. The second-order valence-electron chi connectivity index (χ2n) is 5.86. The minimum absolute atomic E-state index is 0.202. The maximum absolute atomic E-state index is 12.2. The van der Waals surface area contributed by atoms with Gasteiger partial charge < -0.3 is 14.8 Å². The maximum atomic E-state index is 12.2. The van der Waals surface area contributed by atoms with Crippen LogP contribution >= 0.6 is 0 Å². The predicted molar refractivity (Wildman–Crippen MR) is 102 cm³/mol. The van der Waals surface area contributed by atoms with E-state index in [1.165, 1.54) is 0 Å². The van der Waals surface area contributed by atoms with Crippen LogP contribution in [0.3, 0.4) is 0 Å². The summed E-state index contributed by atoms with van der Waals surface area (Å²) < 4.78 is 11.4. The van der Waals surface area contributed by atoms with Crippen LogP contribution in [-0.4, -0.2) is 12.0 Å². The molecule has 3 aromatic carbocycles. The number of benzene rings is 3. The molecule has 0 spiro atoms. The van der Waals surface area contributed by atoms with E-state index in [1.807, 2.05) is 84.9 Å². The van der Waals surface area contributed by atoms with E-state index < -0.39 is 6.10 Å². The number of hydrogen-bond acceptors (Lipinski definition) is 3. The van der Waals surface area contributed by atoms with Crippen molar-refractivity contribution in [1.29, 1.82) is 0 Å². The first-order valence-electron chi connectivity index (χ1n) is 8.50. The molecule has 0 bridgehead atoms. The van der Waals surface area contributed by atoms with Crippen LogP contribution < -0.4 is 14.8 Å². The van der Waals surface area contributed by atoms with Crippen LogP contribution in [0.1, 0.15) is 12.5 Å². The highest BCUT2D eigenvalue weighted by molar-refractivity contribution is 5.94. The summed E-state index contributed by atoms with van der Waals surface area (Å²) in [5.41, 5.74) is 1.81. The molecular formula is C22H21NO3. The van der Waals surface area contributed by atoms with E-state index >= 15 is 0 Å². The van der Waals surface area contributed by atoms with Crippen molar-refractivity contribution in [3.05, 3.63) is 90.5 Å². The van der Waals surface area contributed by atoms with E-state index in [9.17, 15) is 4.79 Å². The van der Waals surface area contributed by atoms with Gasteiger partial charge in [0.25, 0.3) is 5.91 Å². The lowest BCUT2D eigenvalue weighted by Gasteiger charge is -2.15. The van der Waals surface area contributed by atoms with Crippen molar-refractivity contribution in [2.24, 2.45) is 0 Å². The average Bonchev–Trinajstić information content (AvgIpc) is 2.69. The van der Waals surface area contributed by atoms with Gasteiger partial charge in [-0.1, -0.05) is 48.5 Å². The van der Waals surface area contributed by atoms with Crippen LogP contribution in [0.15, 0.2) is 84.9 Å². The third-order valence-corrected chi connectivity index (χ3v) is 3.80. The first kappa shape index (κ1) is 17.5. The number of carbonyl (C=O) groups excluding carboxylic acids is 1. The lowest BCUT2D eigenvalue weighted by Crippen LogP contribution is -2.30. The van der Waals surface area contributed by atoms with Crippen molar-refractivity contribution < 1.29 is 14.3 Å². The third kappa shape index (κ3) is 5.11. The van der Waals surface area contributed by atoms with Crippen LogP contribution in [0.2, 0.25) is 0 Å². The van der Waals surface area contributed by atoms with Crippen molar-refractivity contribution in [3.63, 3.8) is 0 Å². The standard InChI is InChI=1S/C22H21NO3/c1-17(26-21-10-6-3-7-11-21)22(24)23-19-12-14-20(15-13-19)25-16-18-8-4-2-5-9-18/h2-15,17H,16H2,1H3,(H,23,24)/t17-/m0/s1. The molecule has 1 atom stereocenters. The molecule has 4 heteroatoms. The minimum Gasteiger partial charge on any atom is -0.489 e. The molecule has 0 heterocycles. The minimum atomic E-state index is -0.591. The molecule has 0 aliphatic carbocycles. The zero-order valence-corrected chi connectivity index (χ0v) is 14.6. The maximum Gasteiger partial charge on any atom is 0.265 e. The number of para-hydroxylation sites is 1. The molecular weight excluding hydrogens is 326 g/mol.